The van der Waals surface area contributed by atoms with Gasteiger partial charge in [0.25, 0.3) is 0 Å². The minimum Gasteiger partial charge on any atom is -0.497 e. The van der Waals surface area contributed by atoms with Crippen LogP contribution in [-0.2, 0) is 10.2 Å². The Morgan fingerprint density at radius 1 is 1.29 bits per heavy atom. The second kappa shape index (κ2) is 9.61. The number of nitrogens with one attached hydrogen (secondary N) is 1. The van der Waals surface area contributed by atoms with Crippen molar-refractivity contribution in [2.45, 2.75) is 38.6 Å². The molecule has 156 valence electrons. The van der Waals surface area contributed by atoms with Crippen LogP contribution in [0.15, 0.2) is 29.3 Å². The molecule has 1 aromatic rings. The highest BCUT2D eigenvalue weighted by Gasteiger charge is 2.30. The van der Waals surface area contributed by atoms with Crippen LogP contribution >= 0.6 is 0 Å². The van der Waals surface area contributed by atoms with Crippen LogP contribution in [0, 0.1) is 0 Å². The molecule has 0 aliphatic carbocycles. The summed E-state index contributed by atoms with van der Waals surface area (Å²) in [6.07, 6.45) is 1.20. The van der Waals surface area contributed by atoms with Crippen molar-refractivity contribution in [3.05, 3.63) is 29.8 Å². The van der Waals surface area contributed by atoms with Crippen LogP contribution in [-0.4, -0.2) is 81.4 Å². The van der Waals surface area contributed by atoms with E-state index in [2.05, 4.69) is 54.1 Å². The number of guanidine groups is 1. The molecule has 0 saturated carbocycles. The molecule has 6 heteroatoms. The Morgan fingerprint density at radius 3 is 2.79 bits per heavy atom. The van der Waals surface area contributed by atoms with Gasteiger partial charge in [0.2, 0.25) is 0 Å². The van der Waals surface area contributed by atoms with E-state index in [1.165, 1.54) is 12.0 Å². The molecular weight excluding hydrogens is 352 g/mol. The van der Waals surface area contributed by atoms with Gasteiger partial charge in [-0.05, 0) is 31.0 Å². The molecule has 0 spiro atoms. The minimum absolute atomic E-state index is 0.0570. The van der Waals surface area contributed by atoms with Crippen molar-refractivity contribution in [1.82, 2.24) is 15.1 Å². The monoisotopic (exact) mass is 388 g/mol. The molecule has 2 aliphatic heterocycles. The van der Waals surface area contributed by atoms with Crippen LogP contribution < -0.4 is 10.1 Å². The highest BCUT2D eigenvalue weighted by atomic mass is 16.5. The normalized spacial score (nSPS) is 21.8. The van der Waals surface area contributed by atoms with Gasteiger partial charge in [0.05, 0.1) is 26.9 Å². The lowest BCUT2D eigenvalue weighted by atomic mass is 9.84. The van der Waals surface area contributed by atoms with Crippen molar-refractivity contribution >= 4 is 5.96 Å². The molecule has 28 heavy (non-hydrogen) atoms. The lowest BCUT2D eigenvalue weighted by Gasteiger charge is -2.32. The summed E-state index contributed by atoms with van der Waals surface area (Å²) in [5.41, 5.74) is 1.19. The maximum absolute atomic E-state index is 5.51. The molecule has 1 atom stereocenters. The molecule has 2 aliphatic rings. The molecule has 0 aromatic heterocycles. The zero-order chi connectivity index (χ0) is 20.0. The highest BCUT2D eigenvalue weighted by molar-refractivity contribution is 5.80. The second-order valence-corrected chi connectivity index (χ2v) is 8.32. The Bertz CT molecular complexity index is 656. The summed E-state index contributed by atoms with van der Waals surface area (Å²) in [4.78, 5) is 10.0. The smallest absolute Gasteiger partial charge is 0.193 e. The first-order valence-electron chi connectivity index (χ1n) is 10.5. The van der Waals surface area contributed by atoms with Gasteiger partial charge in [0.1, 0.15) is 5.75 Å². The lowest BCUT2D eigenvalue weighted by molar-refractivity contribution is 0.0195. The standard InChI is InChI=1S/C22H36N4O2/c1-5-23-21(26-10-9-19(16-26)25-11-13-28-14-12-25)24-17-22(2,3)18-7-6-8-20(15-18)27-4/h6-8,15,19H,5,9-14,16-17H2,1-4H3,(H,23,24). The van der Waals surface area contributed by atoms with Crippen molar-refractivity contribution < 1.29 is 9.47 Å². The topological polar surface area (TPSA) is 49.3 Å². The van der Waals surface area contributed by atoms with E-state index in [0.717, 1.165) is 64.2 Å². The van der Waals surface area contributed by atoms with Gasteiger partial charge in [-0.3, -0.25) is 9.89 Å². The Kier molecular flexibility index (Phi) is 7.18. The molecule has 0 amide bonds. The van der Waals surface area contributed by atoms with Crippen molar-refractivity contribution in [1.29, 1.82) is 0 Å². The average Bonchev–Trinajstić information content (AvgIpc) is 3.22. The van der Waals surface area contributed by atoms with Crippen LogP contribution in [0.3, 0.4) is 0 Å². The maximum atomic E-state index is 5.51. The first kappa shape index (κ1) is 20.9. The van der Waals surface area contributed by atoms with Gasteiger partial charge < -0.3 is 19.7 Å². The quantitative estimate of drug-likeness (QED) is 0.599. The molecule has 6 nitrogen and oxygen atoms in total. The molecule has 2 saturated heterocycles. The Morgan fingerprint density at radius 2 is 2.07 bits per heavy atom. The summed E-state index contributed by atoms with van der Waals surface area (Å²) in [7, 11) is 1.71. The van der Waals surface area contributed by atoms with E-state index >= 15 is 0 Å². The summed E-state index contributed by atoms with van der Waals surface area (Å²) in [5, 5.41) is 3.50. The zero-order valence-electron chi connectivity index (χ0n) is 17.9. The van der Waals surface area contributed by atoms with Crippen molar-refractivity contribution in [3.63, 3.8) is 0 Å². The lowest BCUT2D eigenvalue weighted by Crippen LogP contribution is -2.47. The predicted octanol–water partition coefficient (Wildman–Crippen LogP) is 2.34. The molecule has 0 radical (unpaired) electrons. The van der Waals surface area contributed by atoms with E-state index in [9.17, 15) is 0 Å². The second-order valence-electron chi connectivity index (χ2n) is 8.32. The third kappa shape index (κ3) is 5.17. The number of methoxy groups -OCH3 is 1. The SMILES string of the molecule is CCNC(=NCC(C)(C)c1cccc(OC)c1)N1CCC(N2CCOCC2)C1. The van der Waals surface area contributed by atoms with Crippen molar-refractivity contribution in [2.24, 2.45) is 4.99 Å². The van der Waals surface area contributed by atoms with Crippen molar-refractivity contribution in [3.8, 4) is 5.75 Å². The number of likely N-dealkylation sites (tertiary alicyclic amines) is 1. The van der Waals surface area contributed by atoms with Gasteiger partial charge in [-0.25, -0.2) is 0 Å². The Balaban J connectivity index is 1.66. The molecule has 2 heterocycles. The fourth-order valence-electron chi connectivity index (χ4n) is 4.01. The van der Waals surface area contributed by atoms with Gasteiger partial charge in [-0.15, -0.1) is 0 Å². The van der Waals surface area contributed by atoms with Crippen LogP contribution in [0.2, 0.25) is 0 Å². The zero-order valence-corrected chi connectivity index (χ0v) is 17.9. The first-order chi connectivity index (χ1) is 13.5. The van der Waals surface area contributed by atoms with Crippen LogP contribution in [0.1, 0.15) is 32.8 Å². The number of morpholine rings is 1. The number of hydrogen-bond acceptors (Lipinski definition) is 4. The van der Waals surface area contributed by atoms with Crippen LogP contribution in [0.4, 0.5) is 0 Å². The minimum atomic E-state index is -0.0570. The molecule has 0 bridgehead atoms. The van der Waals surface area contributed by atoms with E-state index in [1.54, 1.807) is 7.11 Å². The fraction of sp³-hybridized carbons (Fsp3) is 0.682. The summed E-state index contributed by atoms with van der Waals surface area (Å²) in [6, 6.07) is 8.93. The number of rotatable bonds is 6. The van der Waals surface area contributed by atoms with Crippen molar-refractivity contribution in [2.75, 3.05) is 59.6 Å². The number of ether oxygens (including phenoxy) is 2. The summed E-state index contributed by atoms with van der Waals surface area (Å²) >= 11 is 0. The van der Waals surface area contributed by atoms with Gasteiger partial charge in [0, 0.05) is 44.2 Å². The molecule has 3 rings (SSSR count). The number of benzene rings is 1. The molecule has 1 unspecified atom stereocenters. The first-order valence-corrected chi connectivity index (χ1v) is 10.5. The number of hydrogen-bond donors (Lipinski definition) is 1. The Hall–Kier alpha value is -1.79. The molecular formula is C22H36N4O2. The molecule has 1 aromatic carbocycles. The maximum Gasteiger partial charge on any atom is 0.193 e. The van der Waals surface area contributed by atoms with Crippen LogP contribution in [0.25, 0.3) is 0 Å². The number of aliphatic imine (C=N–C) groups is 1. The van der Waals surface area contributed by atoms with E-state index < -0.39 is 0 Å². The number of nitrogens with zero attached hydrogens (tertiary/aromatic N) is 3. The average molecular weight is 389 g/mol. The summed E-state index contributed by atoms with van der Waals surface area (Å²) in [5.74, 6) is 1.93. The van der Waals surface area contributed by atoms with E-state index in [0.29, 0.717) is 6.04 Å². The van der Waals surface area contributed by atoms with Gasteiger partial charge >= 0.3 is 0 Å². The highest BCUT2D eigenvalue weighted by Crippen LogP contribution is 2.27. The summed E-state index contributed by atoms with van der Waals surface area (Å²) in [6.45, 7) is 14.2. The van der Waals surface area contributed by atoms with Gasteiger partial charge in [-0.2, -0.15) is 0 Å². The van der Waals surface area contributed by atoms with Gasteiger partial charge in [0.15, 0.2) is 5.96 Å². The van der Waals surface area contributed by atoms with E-state index in [4.69, 9.17) is 14.5 Å². The predicted molar refractivity (Wildman–Crippen MR) is 114 cm³/mol. The third-order valence-corrected chi connectivity index (χ3v) is 5.84. The summed E-state index contributed by atoms with van der Waals surface area (Å²) < 4.78 is 10.9. The van der Waals surface area contributed by atoms with Crippen LogP contribution in [0.5, 0.6) is 5.75 Å². The Labute approximate surface area is 169 Å². The molecule has 1 N–H and O–H groups in total. The van der Waals surface area contributed by atoms with E-state index in [-0.39, 0.29) is 5.41 Å². The largest absolute Gasteiger partial charge is 0.497 e. The third-order valence-electron chi connectivity index (χ3n) is 5.84. The van der Waals surface area contributed by atoms with E-state index in [1.807, 2.05) is 6.07 Å². The van der Waals surface area contributed by atoms with Gasteiger partial charge in [-0.1, -0.05) is 26.0 Å². The fourth-order valence-corrected chi connectivity index (χ4v) is 4.01. The molecule has 2 fully saturated rings.